The van der Waals surface area contributed by atoms with Gasteiger partial charge < -0.3 is 9.15 Å². The number of hydrogen-bond donors (Lipinski definition) is 0. The molecule has 2 heterocycles. The second-order valence-corrected chi connectivity index (χ2v) is 7.94. The zero-order valence-corrected chi connectivity index (χ0v) is 16.0. The maximum Gasteiger partial charge on any atom is 0.209 e. The number of halogens is 1. The Bertz CT molecular complexity index is 704. The van der Waals surface area contributed by atoms with Crippen molar-refractivity contribution < 1.29 is 9.15 Å². The normalized spacial score (nSPS) is 20.5. The van der Waals surface area contributed by atoms with Gasteiger partial charge in [0.1, 0.15) is 0 Å². The van der Waals surface area contributed by atoms with Gasteiger partial charge in [0, 0.05) is 23.7 Å². The maximum absolute atomic E-state index is 6.33. The van der Waals surface area contributed by atoms with Gasteiger partial charge in [0.25, 0.3) is 0 Å². The molecule has 1 aromatic heterocycles. The Morgan fingerprint density at radius 1 is 1.08 bits per heavy atom. The Balaban J connectivity index is 1.27. The molecular formula is C21H27ClN2O2. The van der Waals surface area contributed by atoms with Gasteiger partial charge >= 0.3 is 0 Å². The fraction of sp³-hybridized carbons (Fsp3) is 0.571. The summed E-state index contributed by atoms with van der Waals surface area (Å²) in [7, 11) is 0. The van der Waals surface area contributed by atoms with Crippen molar-refractivity contribution in [2.45, 2.75) is 63.7 Å². The van der Waals surface area contributed by atoms with Crippen LogP contribution in [0, 0.1) is 0 Å². The van der Waals surface area contributed by atoms with Crippen LogP contribution in [0.5, 0.6) is 0 Å². The van der Waals surface area contributed by atoms with Crippen molar-refractivity contribution in [3.63, 3.8) is 0 Å². The SMILES string of the molecule is Clc1cccc(-c2cnc(CN3CCC(OC4CCCCC4)CC3)o2)c1. The average Bonchev–Trinajstić information content (AvgIpc) is 3.13. The van der Waals surface area contributed by atoms with E-state index in [-0.39, 0.29) is 0 Å². The lowest BCUT2D eigenvalue weighted by Gasteiger charge is -2.34. The first-order valence-corrected chi connectivity index (χ1v) is 10.2. The Hall–Kier alpha value is -1.36. The molecule has 0 unspecified atom stereocenters. The Morgan fingerprint density at radius 2 is 1.85 bits per heavy atom. The molecule has 4 rings (SSSR count). The van der Waals surface area contributed by atoms with Gasteiger partial charge in [-0.15, -0.1) is 0 Å². The number of likely N-dealkylation sites (tertiary alicyclic amines) is 1. The van der Waals surface area contributed by atoms with Crippen LogP contribution in [0.25, 0.3) is 11.3 Å². The molecule has 0 bridgehead atoms. The molecule has 0 amide bonds. The second-order valence-electron chi connectivity index (χ2n) is 7.50. The maximum atomic E-state index is 6.33. The molecule has 26 heavy (non-hydrogen) atoms. The number of rotatable bonds is 5. The number of hydrogen-bond acceptors (Lipinski definition) is 4. The zero-order chi connectivity index (χ0) is 17.8. The van der Waals surface area contributed by atoms with Crippen LogP contribution in [0.3, 0.4) is 0 Å². The Labute approximate surface area is 160 Å². The van der Waals surface area contributed by atoms with Crippen LogP contribution < -0.4 is 0 Å². The van der Waals surface area contributed by atoms with E-state index < -0.39 is 0 Å². The molecule has 140 valence electrons. The summed E-state index contributed by atoms with van der Waals surface area (Å²) in [6.45, 7) is 2.86. The highest BCUT2D eigenvalue weighted by Gasteiger charge is 2.24. The fourth-order valence-corrected chi connectivity index (χ4v) is 4.22. The van der Waals surface area contributed by atoms with Gasteiger partial charge in [0.05, 0.1) is 24.9 Å². The molecule has 2 fully saturated rings. The molecule has 0 spiro atoms. The number of nitrogens with zero attached hydrogens (tertiary/aromatic N) is 2. The molecule has 0 radical (unpaired) electrons. The van der Waals surface area contributed by atoms with Crippen molar-refractivity contribution in [2.24, 2.45) is 0 Å². The lowest BCUT2D eigenvalue weighted by Crippen LogP contribution is -2.38. The van der Waals surface area contributed by atoms with Gasteiger partial charge in [0.15, 0.2) is 5.76 Å². The van der Waals surface area contributed by atoms with Gasteiger partial charge in [-0.05, 0) is 37.8 Å². The van der Waals surface area contributed by atoms with E-state index in [1.165, 1.54) is 32.1 Å². The monoisotopic (exact) mass is 374 g/mol. The quantitative estimate of drug-likeness (QED) is 0.711. The van der Waals surface area contributed by atoms with Gasteiger partial charge in [0.2, 0.25) is 5.89 Å². The van der Waals surface area contributed by atoms with Crippen LogP contribution in [-0.2, 0) is 11.3 Å². The number of piperidine rings is 1. The summed E-state index contributed by atoms with van der Waals surface area (Å²) >= 11 is 6.06. The van der Waals surface area contributed by atoms with E-state index in [2.05, 4.69) is 9.88 Å². The van der Waals surface area contributed by atoms with E-state index in [0.717, 1.165) is 49.7 Å². The summed E-state index contributed by atoms with van der Waals surface area (Å²) in [5.41, 5.74) is 0.968. The second kappa shape index (κ2) is 8.55. The van der Waals surface area contributed by atoms with Crippen LogP contribution in [0.15, 0.2) is 34.9 Å². The molecule has 2 aromatic rings. The first kappa shape index (κ1) is 18.0. The van der Waals surface area contributed by atoms with E-state index in [9.17, 15) is 0 Å². The van der Waals surface area contributed by atoms with E-state index in [0.29, 0.717) is 17.2 Å². The predicted molar refractivity (Wildman–Crippen MR) is 103 cm³/mol. The minimum atomic E-state index is 0.431. The molecule has 5 heteroatoms. The molecule has 2 aliphatic rings. The molecule has 0 N–H and O–H groups in total. The third-order valence-corrected chi connectivity index (χ3v) is 5.73. The number of benzene rings is 1. The fourth-order valence-electron chi connectivity index (χ4n) is 4.03. The van der Waals surface area contributed by atoms with E-state index in [4.69, 9.17) is 20.8 Å². The van der Waals surface area contributed by atoms with Crippen molar-refractivity contribution in [3.8, 4) is 11.3 Å². The highest BCUT2D eigenvalue weighted by atomic mass is 35.5. The van der Waals surface area contributed by atoms with Crippen LogP contribution in [-0.4, -0.2) is 35.2 Å². The first-order valence-electron chi connectivity index (χ1n) is 9.85. The summed E-state index contributed by atoms with van der Waals surface area (Å²) in [6, 6.07) is 7.68. The first-order chi connectivity index (χ1) is 12.8. The number of aromatic nitrogens is 1. The highest BCUT2D eigenvalue weighted by molar-refractivity contribution is 6.30. The number of oxazole rings is 1. The van der Waals surface area contributed by atoms with Gasteiger partial charge in [-0.2, -0.15) is 0 Å². The molecule has 1 aliphatic heterocycles. The standard InChI is InChI=1S/C21H27ClN2O2/c22-17-6-4-5-16(13-17)20-14-23-21(26-20)15-24-11-9-19(10-12-24)25-18-7-2-1-3-8-18/h4-6,13-14,18-19H,1-3,7-12,15H2. The van der Waals surface area contributed by atoms with Crippen LogP contribution in [0.4, 0.5) is 0 Å². The Kier molecular flexibility index (Phi) is 5.93. The summed E-state index contributed by atoms with van der Waals surface area (Å²) < 4.78 is 12.3. The summed E-state index contributed by atoms with van der Waals surface area (Å²) in [6.07, 6.45) is 11.5. The topological polar surface area (TPSA) is 38.5 Å². The third kappa shape index (κ3) is 4.67. The third-order valence-electron chi connectivity index (χ3n) is 5.49. The molecule has 1 aliphatic carbocycles. The van der Waals surface area contributed by atoms with Crippen molar-refractivity contribution in [2.75, 3.05) is 13.1 Å². The lowest BCUT2D eigenvalue weighted by molar-refractivity contribution is -0.0572. The summed E-state index contributed by atoms with van der Waals surface area (Å²) in [5.74, 6) is 1.55. The van der Waals surface area contributed by atoms with Gasteiger partial charge in [-0.25, -0.2) is 4.98 Å². The largest absolute Gasteiger partial charge is 0.439 e. The minimum Gasteiger partial charge on any atom is -0.439 e. The van der Waals surface area contributed by atoms with Gasteiger partial charge in [-0.3, -0.25) is 4.90 Å². The summed E-state index contributed by atoms with van der Waals surface area (Å²) in [4.78, 5) is 6.86. The molecule has 1 saturated heterocycles. The predicted octanol–water partition coefficient (Wildman–Crippen LogP) is 5.31. The van der Waals surface area contributed by atoms with Crippen LogP contribution in [0.2, 0.25) is 5.02 Å². The molecular weight excluding hydrogens is 348 g/mol. The van der Waals surface area contributed by atoms with E-state index >= 15 is 0 Å². The van der Waals surface area contributed by atoms with E-state index in [1.807, 2.05) is 24.3 Å². The molecule has 4 nitrogen and oxygen atoms in total. The molecule has 0 atom stereocenters. The van der Waals surface area contributed by atoms with Crippen molar-refractivity contribution in [1.29, 1.82) is 0 Å². The van der Waals surface area contributed by atoms with Crippen LogP contribution >= 0.6 is 11.6 Å². The van der Waals surface area contributed by atoms with Crippen molar-refractivity contribution >= 4 is 11.6 Å². The zero-order valence-electron chi connectivity index (χ0n) is 15.2. The molecule has 1 aromatic carbocycles. The number of ether oxygens (including phenoxy) is 1. The Morgan fingerprint density at radius 3 is 2.62 bits per heavy atom. The van der Waals surface area contributed by atoms with E-state index in [1.54, 1.807) is 6.20 Å². The van der Waals surface area contributed by atoms with Crippen molar-refractivity contribution in [1.82, 2.24) is 9.88 Å². The highest BCUT2D eigenvalue weighted by Crippen LogP contribution is 2.26. The minimum absolute atomic E-state index is 0.431. The molecule has 1 saturated carbocycles. The van der Waals surface area contributed by atoms with Crippen molar-refractivity contribution in [3.05, 3.63) is 41.4 Å². The van der Waals surface area contributed by atoms with Crippen LogP contribution in [0.1, 0.15) is 50.8 Å². The summed E-state index contributed by atoms with van der Waals surface area (Å²) in [5, 5.41) is 0.709. The smallest absolute Gasteiger partial charge is 0.209 e. The average molecular weight is 375 g/mol. The van der Waals surface area contributed by atoms with Gasteiger partial charge in [-0.1, -0.05) is 43.0 Å². The lowest BCUT2D eigenvalue weighted by atomic mass is 9.97.